The maximum Gasteiger partial charge on any atom is 0.255 e. The van der Waals surface area contributed by atoms with Gasteiger partial charge in [-0.1, -0.05) is 19.1 Å². The standard InChI is InChI=1S/C17H24N4O.ClH/c1-4-11-21-13(3)16(12(2)20-21)17(22)19-10-9-14-5-7-15(18)8-6-14;/h5-8H,4,9-11,18H2,1-3H3,(H,19,22);1H. The van der Waals surface area contributed by atoms with Crippen LogP contribution in [-0.4, -0.2) is 22.2 Å². The molecule has 2 aromatic rings. The number of amides is 1. The van der Waals surface area contributed by atoms with Crippen molar-refractivity contribution < 1.29 is 4.79 Å². The van der Waals surface area contributed by atoms with Crippen LogP contribution >= 0.6 is 12.4 Å². The minimum absolute atomic E-state index is 0. The molecule has 0 saturated heterocycles. The van der Waals surface area contributed by atoms with E-state index in [0.717, 1.165) is 42.0 Å². The normalized spacial score (nSPS) is 10.2. The van der Waals surface area contributed by atoms with Crippen molar-refractivity contribution in [3.63, 3.8) is 0 Å². The average molecular weight is 337 g/mol. The maximum atomic E-state index is 12.4. The van der Waals surface area contributed by atoms with Crippen molar-refractivity contribution >= 4 is 24.0 Å². The molecule has 1 amide bonds. The van der Waals surface area contributed by atoms with Crippen molar-refractivity contribution in [3.8, 4) is 0 Å². The van der Waals surface area contributed by atoms with Gasteiger partial charge in [0.1, 0.15) is 0 Å². The predicted octanol–water partition coefficient (Wildman–Crippen LogP) is 2.89. The Kier molecular flexibility index (Phi) is 7.10. The number of aromatic nitrogens is 2. The number of halogens is 1. The fourth-order valence-corrected chi connectivity index (χ4v) is 2.55. The lowest BCUT2D eigenvalue weighted by molar-refractivity contribution is 0.0953. The summed E-state index contributed by atoms with van der Waals surface area (Å²) in [6.07, 6.45) is 1.79. The summed E-state index contributed by atoms with van der Waals surface area (Å²) < 4.78 is 1.91. The number of benzene rings is 1. The van der Waals surface area contributed by atoms with E-state index in [1.165, 1.54) is 0 Å². The lowest BCUT2D eigenvalue weighted by Gasteiger charge is -2.07. The minimum atomic E-state index is -0.0483. The average Bonchev–Trinajstić information content (AvgIpc) is 2.76. The molecule has 0 aliphatic carbocycles. The summed E-state index contributed by atoms with van der Waals surface area (Å²) >= 11 is 0. The molecule has 0 radical (unpaired) electrons. The van der Waals surface area contributed by atoms with E-state index in [2.05, 4.69) is 17.3 Å². The van der Waals surface area contributed by atoms with Crippen molar-refractivity contribution in [3.05, 3.63) is 46.8 Å². The van der Waals surface area contributed by atoms with Crippen LogP contribution in [-0.2, 0) is 13.0 Å². The third-order valence-corrected chi connectivity index (χ3v) is 3.72. The van der Waals surface area contributed by atoms with Gasteiger partial charge in [0.05, 0.1) is 11.3 Å². The van der Waals surface area contributed by atoms with Crippen molar-refractivity contribution in [2.24, 2.45) is 0 Å². The summed E-state index contributed by atoms with van der Waals surface area (Å²) in [4.78, 5) is 12.4. The molecule has 23 heavy (non-hydrogen) atoms. The third kappa shape index (κ3) is 4.73. The van der Waals surface area contributed by atoms with E-state index >= 15 is 0 Å². The molecule has 1 aromatic heterocycles. The molecular weight excluding hydrogens is 312 g/mol. The molecule has 1 aromatic carbocycles. The first kappa shape index (κ1) is 19.0. The molecule has 0 bridgehead atoms. The lowest BCUT2D eigenvalue weighted by Crippen LogP contribution is -2.26. The Bertz CT molecular complexity index is 649. The number of nitrogens with one attached hydrogen (secondary N) is 1. The van der Waals surface area contributed by atoms with Gasteiger partial charge in [0.2, 0.25) is 0 Å². The van der Waals surface area contributed by atoms with Crippen LogP contribution in [0.25, 0.3) is 0 Å². The third-order valence-electron chi connectivity index (χ3n) is 3.72. The smallest absolute Gasteiger partial charge is 0.255 e. The van der Waals surface area contributed by atoms with Gasteiger partial charge in [0.25, 0.3) is 5.91 Å². The Morgan fingerprint density at radius 3 is 2.52 bits per heavy atom. The lowest BCUT2D eigenvalue weighted by atomic mass is 10.1. The first-order valence-corrected chi connectivity index (χ1v) is 7.69. The number of carbonyl (C=O) groups is 1. The van der Waals surface area contributed by atoms with E-state index in [1.54, 1.807) is 0 Å². The molecule has 0 aliphatic heterocycles. The first-order valence-electron chi connectivity index (χ1n) is 7.69. The number of carbonyl (C=O) groups excluding carboxylic acids is 1. The van der Waals surface area contributed by atoms with Gasteiger partial charge >= 0.3 is 0 Å². The number of nitrogens with two attached hydrogens (primary N) is 1. The molecule has 0 unspecified atom stereocenters. The second-order valence-corrected chi connectivity index (χ2v) is 5.52. The van der Waals surface area contributed by atoms with Crippen LogP contribution < -0.4 is 11.1 Å². The summed E-state index contributed by atoms with van der Waals surface area (Å²) in [5, 5.41) is 7.41. The number of nitrogens with zero attached hydrogens (tertiary/aromatic N) is 2. The number of anilines is 1. The Morgan fingerprint density at radius 1 is 1.26 bits per heavy atom. The van der Waals surface area contributed by atoms with Gasteiger partial charge in [-0.25, -0.2) is 0 Å². The number of rotatable bonds is 6. The van der Waals surface area contributed by atoms with Gasteiger partial charge in [0, 0.05) is 24.5 Å². The summed E-state index contributed by atoms with van der Waals surface area (Å²) in [5.41, 5.74) is 9.99. The van der Waals surface area contributed by atoms with Gasteiger partial charge in [-0.2, -0.15) is 5.10 Å². The molecule has 0 spiro atoms. The largest absolute Gasteiger partial charge is 0.399 e. The van der Waals surface area contributed by atoms with E-state index in [4.69, 9.17) is 5.73 Å². The highest BCUT2D eigenvalue weighted by Crippen LogP contribution is 2.13. The zero-order valence-electron chi connectivity index (χ0n) is 13.9. The van der Waals surface area contributed by atoms with Gasteiger partial charge in [-0.15, -0.1) is 12.4 Å². The second kappa shape index (κ2) is 8.58. The van der Waals surface area contributed by atoms with Crippen LogP contribution in [0.4, 0.5) is 5.69 Å². The number of aryl methyl sites for hydroxylation is 2. The van der Waals surface area contributed by atoms with E-state index in [9.17, 15) is 4.79 Å². The topological polar surface area (TPSA) is 72.9 Å². The van der Waals surface area contributed by atoms with E-state index in [0.29, 0.717) is 12.1 Å². The maximum absolute atomic E-state index is 12.4. The van der Waals surface area contributed by atoms with E-state index in [-0.39, 0.29) is 18.3 Å². The summed E-state index contributed by atoms with van der Waals surface area (Å²) in [6, 6.07) is 7.72. The quantitative estimate of drug-likeness (QED) is 0.797. The number of hydrogen-bond acceptors (Lipinski definition) is 3. The van der Waals surface area contributed by atoms with Crippen molar-refractivity contribution in [1.82, 2.24) is 15.1 Å². The van der Waals surface area contributed by atoms with E-state index in [1.807, 2.05) is 42.8 Å². The molecule has 1 heterocycles. The molecule has 2 rings (SSSR count). The molecule has 0 saturated carbocycles. The molecule has 0 fully saturated rings. The Labute approximate surface area is 143 Å². The van der Waals surface area contributed by atoms with Crippen LogP contribution in [0.2, 0.25) is 0 Å². The minimum Gasteiger partial charge on any atom is -0.399 e. The predicted molar refractivity (Wildman–Crippen MR) is 96.1 cm³/mol. The number of hydrogen-bond donors (Lipinski definition) is 2. The Morgan fingerprint density at radius 2 is 1.91 bits per heavy atom. The molecule has 126 valence electrons. The molecule has 0 aliphatic rings. The van der Waals surface area contributed by atoms with Gasteiger partial charge < -0.3 is 11.1 Å². The highest BCUT2D eigenvalue weighted by atomic mass is 35.5. The summed E-state index contributed by atoms with van der Waals surface area (Å²) in [6.45, 7) is 7.37. The van der Waals surface area contributed by atoms with Crippen LogP contribution in [0.5, 0.6) is 0 Å². The second-order valence-electron chi connectivity index (χ2n) is 5.52. The van der Waals surface area contributed by atoms with Crippen LogP contribution in [0, 0.1) is 13.8 Å². The zero-order valence-corrected chi connectivity index (χ0v) is 14.7. The number of nitrogen functional groups attached to an aromatic ring is 1. The van der Waals surface area contributed by atoms with Gasteiger partial charge in [0.15, 0.2) is 0 Å². The van der Waals surface area contributed by atoms with Gasteiger partial charge in [-0.05, 0) is 44.4 Å². The molecule has 3 N–H and O–H groups in total. The highest BCUT2D eigenvalue weighted by molar-refractivity contribution is 5.96. The van der Waals surface area contributed by atoms with Crippen LogP contribution in [0.1, 0.15) is 40.7 Å². The fraction of sp³-hybridized carbons (Fsp3) is 0.412. The first-order chi connectivity index (χ1) is 10.5. The monoisotopic (exact) mass is 336 g/mol. The van der Waals surface area contributed by atoms with Crippen molar-refractivity contribution in [2.75, 3.05) is 12.3 Å². The van der Waals surface area contributed by atoms with Crippen LogP contribution in [0.15, 0.2) is 24.3 Å². The molecular formula is C17H25ClN4O. The summed E-state index contributed by atoms with van der Waals surface area (Å²) in [7, 11) is 0. The van der Waals surface area contributed by atoms with Crippen molar-refractivity contribution in [1.29, 1.82) is 0 Å². The SMILES string of the molecule is CCCn1nc(C)c(C(=O)NCCc2ccc(N)cc2)c1C.Cl. The molecule has 6 heteroatoms. The molecule has 0 atom stereocenters. The fourth-order valence-electron chi connectivity index (χ4n) is 2.55. The zero-order chi connectivity index (χ0) is 16.1. The highest BCUT2D eigenvalue weighted by Gasteiger charge is 2.17. The van der Waals surface area contributed by atoms with Crippen molar-refractivity contribution in [2.45, 2.75) is 40.2 Å². The Hall–Kier alpha value is -2.01. The van der Waals surface area contributed by atoms with Crippen LogP contribution in [0.3, 0.4) is 0 Å². The Balaban J connectivity index is 0.00000264. The molecule has 5 nitrogen and oxygen atoms in total. The summed E-state index contributed by atoms with van der Waals surface area (Å²) in [5.74, 6) is -0.0483. The van der Waals surface area contributed by atoms with E-state index < -0.39 is 0 Å². The van der Waals surface area contributed by atoms with Gasteiger partial charge in [-0.3, -0.25) is 9.48 Å².